The highest BCUT2D eigenvalue weighted by atomic mass is 15.1. The predicted molar refractivity (Wildman–Crippen MR) is 563 cm³/mol. The van der Waals surface area contributed by atoms with Gasteiger partial charge in [-0.25, -0.2) is 0 Å². The Balaban J connectivity index is 0.000000155. The number of hydrogen-bond donors (Lipinski definition) is 0. The Bertz CT molecular complexity index is 7760. The maximum atomic E-state index is 2.35. The topological polar surface area (TPSA) is 6.48 Å². The van der Waals surface area contributed by atoms with Crippen LogP contribution in [-0.4, -0.2) is 0 Å². The summed E-state index contributed by atoms with van der Waals surface area (Å²) >= 11 is 0. The molecule has 0 saturated heterocycles. The molecule has 0 amide bonds. The zero-order valence-electron chi connectivity index (χ0n) is 72.9. The van der Waals surface area contributed by atoms with Crippen molar-refractivity contribution in [3.8, 4) is 145 Å². The summed E-state index contributed by atoms with van der Waals surface area (Å²) in [4.78, 5) is 4.70. The van der Waals surface area contributed by atoms with Crippen molar-refractivity contribution in [3.05, 3.63) is 546 Å². The van der Waals surface area contributed by atoms with Crippen LogP contribution in [0.1, 0.15) is 0 Å². The lowest BCUT2D eigenvalue weighted by atomic mass is 9.93. The van der Waals surface area contributed by atoms with E-state index in [2.05, 4.69) is 556 Å². The van der Waals surface area contributed by atoms with Crippen LogP contribution < -0.4 is 9.80 Å². The third-order valence-corrected chi connectivity index (χ3v) is 25.8. The average Bonchev–Trinajstić information content (AvgIpc) is 0.602. The van der Waals surface area contributed by atoms with E-state index in [0.29, 0.717) is 0 Å². The summed E-state index contributed by atoms with van der Waals surface area (Å²) in [5.41, 5.74) is 38.0. The molecule has 0 fully saturated rings. The predicted octanol–water partition coefficient (Wildman–Crippen LogP) is 36.6. The van der Waals surface area contributed by atoms with Crippen molar-refractivity contribution in [2.24, 2.45) is 0 Å². The minimum atomic E-state index is 1.09. The summed E-state index contributed by atoms with van der Waals surface area (Å²) in [6.45, 7) is 0. The van der Waals surface area contributed by atoms with E-state index in [-0.39, 0.29) is 0 Å². The molecule has 0 aromatic heterocycles. The quantitative estimate of drug-likeness (QED) is 0.0796. The minimum absolute atomic E-state index is 1.09. The first-order valence-electron chi connectivity index (χ1n) is 45.4. The molecule has 0 aliphatic rings. The SMILES string of the molecule is c1ccc(-c2ccc(N(c3ccc(-c4ccc(-c5cccc6ccc(-c7ccccc7)cc56)cc4)cc3)c3ccc(-c4ccc(-c5cccc6ccc(-c7ccccc7)cc56)cc4)cc3)cc2)cc1.c1ccc(-c2ccc(N(c3ccc(-c4ccc(-c5cccc6ccc(-c7ccccc7)cc56)cc4)cc3)c3ccc(-c4cccc5ccc(-c6ccccc6)cc45)cc3)cc2)cc1. The molecule has 0 heterocycles. The molecule has 0 atom stereocenters. The maximum absolute atomic E-state index is 2.35. The highest BCUT2D eigenvalue weighted by Gasteiger charge is 2.20. The highest BCUT2D eigenvalue weighted by Crippen LogP contribution is 2.45. The van der Waals surface area contributed by atoms with Crippen LogP contribution in [0.2, 0.25) is 0 Å². The van der Waals surface area contributed by atoms with E-state index >= 15 is 0 Å². The second kappa shape index (κ2) is 36.6. The van der Waals surface area contributed by atoms with Crippen LogP contribution >= 0.6 is 0 Å². The van der Waals surface area contributed by atoms with Crippen LogP contribution in [0.15, 0.2) is 546 Å². The molecule has 2 nitrogen and oxygen atoms in total. The van der Waals surface area contributed by atoms with Gasteiger partial charge < -0.3 is 9.80 Å². The van der Waals surface area contributed by atoms with E-state index in [1.165, 1.54) is 188 Å². The van der Waals surface area contributed by atoms with Crippen LogP contribution in [-0.2, 0) is 0 Å². The monoisotopic (exact) mass is 1680 g/mol. The lowest BCUT2D eigenvalue weighted by molar-refractivity contribution is 1.28. The Labute approximate surface area is 772 Å². The molecule has 0 spiro atoms. The number of rotatable bonds is 19. The van der Waals surface area contributed by atoms with Gasteiger partial charge in [0.25, 0.3) is 0 Å². The Hall–Kier alpha value is -17.3. The second-order valence-corrected chi connectivity index (χ2v) is 33.8. The molecule has 23 aromatic rings. The van der Waals surface area contributed by atoms with Gasteiger partial charge in [-0.1, -0.05) is 449 Å². The fourth-order valence-corrected chi connectivity index (χ4v) is 18.8. The molecule has 0 aliphatic heterocycles. The Kier molecular flexibility index (Phi) is 22.3. The van der Waals surface area contributed by atoms with Crippen molar-refractivity contribution >= 4 is 77.2 Å². The van der Waals surface area contributed by atoms with Gasteiger partial charge in [-0.2, -0.15) is 0 Å². The Morgan fingerprint density at radius 1 is 0.0909 bits per heavy atom. The molecule has 620 valence electrons. The van der Waals surface area contributed by atoms with Crippen molar-refractivity contribution in [1.29, 1.82) is 0 Å². The first kappa shape index (κ1) is 80.5. The zero-order valence-corrected chi connectivity index (χ0v) is 72.9. The molecule has 0 aliphatic carbocycles. The van der Waals surface area contributed by atoms with Crippen molar-refractivity contribution in [1.82, 2.24) is 0 Å². The Morgan fingerprint density at radius 3 is 0.409 bits per heavy atom. The van der Waals surface area contributed by atoms with Crippen LogP contribution in [0, 0.1) is 0 Å². The van der Waals surface area contributed by atoms with Gasteiger partial charge >= 0.3 is 0 Å². The average molecular weight is 1680 g/mol. The number of benzene rings is 23. The maximum Gasteiger partial charge on any atom is 0.0462 e. The van der Waals surface area contributed by atoms with E-state index < -0.39 is 0 Å². The number of anilines is 6. The lowest BCUT2D eigenvalue weighted by Gasteiger charge is -2.26. The summed E-state index contributed by atoms with van der Waals surface area (Å²) in [6.07, 6.45) is 0. The summed E-state index contributed by atoms with van der Waals surface area (Å²) in [5, 5.41) is 9.98. The van der Waals surface area contributed by atoms with Crippen LogP contribution in [0.3, 0.4) is 0 Å². The van der Waals surface area contributed by atoms with Gasteiger partial charge in [0.05, 0.1) is 0 Å². The van der Waals surface area contributed by atoms with E-state index in [4.69, 9.17) is 0 Å². The number of nitrogens with zero attached hydrogens (tertiary/aromatic N) is 2. The molecule has 0 saturated carbocycles. The molecular formula is C130H90N2. The summed E-state index contributed by atoms with van der Waals surface area (Å²) in [7, 11) is 0. The lowest BCUT2D eigenvalue weighted by Crippen LogP contribution is -2.09. The molecule has 23 aromatic carbocycles. The third kappa shape index (κ3) is 16.9. The molecule has 132 heavy (non-hydrogen) atoms. The zero-order chi connectivity index (χ0) is 87.9. The molecular weight excluding hydrogens is 1590 g/mol. The van der Waals surface area contributed by atoms with Crippen molar-refractivity contribution in [3.63, 3.8) is 0 Å². The first-order valence-corrected chi connectivity index (χ1v) is 45.4. The van der Waals surface area contributed by atoms with Crippen LogP contribution in [0.25, 0.3) is 188 Å². The third-order valence-electron chi connectivity index (χ3n) is 25.8. The smallest absolute Gasteiger partial charge is 0.0462 e. The summed E-state index contributed by atoms with van der Waals surface area (Å²) in [6, 6.07) is 198. The molecule has 0 N–H and O–H groups in total. The van der Waals surface area contributed by atoms with Crippen LogP contribution in [0.5, 0.6) is 0 Å². The van der Waals surface area contributed by atoms with E-state index in [0.717, 1.165) is 34.1 Å². The van der Waals surface area contributed by atoms with Crippen molar-refractivity contribution in [2.75, 3.05) is 9.80 Å². The van der Waals surface area contributed by atoms with Crippen molar-refractivity contribution in [2.45, 2.75) is 0 Å². The normalized spacial score (nSPS) is 11.2. The molecule has 0 bridgehead atoms. The van der Waals surface area contributed by atoms with Gasteiger partial charge in [0.2, 0.25) is 0 Å². The van der Waals surface area contributed by atoms with Crippen molar-refractivity contribution < 1.29 is 0 Å². The molecule has 0 radical (unpaired) electrons. The van der Waals surface area contributed by atoms with E-state index in [1.54, 1.807) is 0 Å². The second-order valence-electron chi connectivity index (χ2n) is 33.8. The number of fused-ring (bicyclic) bond motifs is 4. The summed E-state index contributed by atoms with van der Waals surface area (Å²) < 4.78 is 0. The first-order chi connectivity index (χ1) is 65.4. The van der Waals surface area contributed by atoms with E-state index in [9.17, 15) is 0 Å². The van der Waals surface area contributed by atoms with Gasteiger partial charge in [-0.3, -0.25) is 0 Å². The van der Waals surface area contributed by atoms with E-state index in [1.807, 2.05) is 0 Å². The van der Waals surface area contributed by atoms with Gasteiger partial charge in [0, 0.05) is 34.1 Å². The Morgan fingerprint density at radius 2 is 0.227 bits per heavy atom. The molecule has 0 unspecified atom stereocenters. The molecule has 23 rings (SSSR count). The summed E-state index contributed by atoms with van der Waals surface area (Å²) in [5.74, 6) is 0. The fraction of sp³-hybridized carbons (Fsp3) is 0. The number of hydrogen-bond acceptors (Lipinski definition) is 2. The van der Waals surface area contributed by atoms with Gasteiger partial charge in [-0.15, -0.1) is 0 Å². The largest absolute Gasteiger partial charge is 0.311 e. The fourth-order valence-electron chi connectivity index (χ4n) is 18.8. The van der Waals surface area contributed by atoms with Gasteiger partial charge in [-0.05, 0) is 285 Å². The molecule has 2 heteroatoms. The van der Waals surface area contributed by atoms with Gasteiger partial charge in [0.1, 0.15) is 0 Å². The highest BCUT2D eigenvalue weighted by molar-refractivity contribution is 6.04. The van der Waals surface area contributed by atoms with Crippen LogP contribution in [0.4, 0.5) is 34.1 Å². The standard InChI is InChI=1S/C68H47N.C62H43N/c1-4-12-48(13-5-1)53-34-40-62(41-35-53)69(63-42-36-54(37-43-63)51-22-26-58(27-23-51)65-20-10-18-56-30-32-60(46-67(56)65)49-14-6-2-7-15-49)64-44-38-55(39-45-64)52-24-28-59(29-25-52)66-21-11-19-57-31-33-61(47-68(57)66)50-16-8-3-9-17-50;1-4-12-44(13-5-1)48-30-36-56(37-31-48)63(58-40-34-53(35-41-58)60-21-11-19-51-27-29-55(43-62(51)60)46-16-8-3-9-17-46)57-38-32-49(33-39-57)47-22-24-52(25-23-47)59-20-10-18-50-26-28-54(42-61(50)59)45-14-6-2-7-15-45/h1-47H;1-43H. The van der Waals surface area contributed by atoms with Gasteiger partial charge in [0.15, 0.2) is 0 Å². The minimum Gasteiger partial charge on any atom is -0.311 e.